The third-order valence-electron chi connectivity index (χ3n) is 0.582. The maximum atomic E-state index is 10.6. The van der Waals surface area contributed by atoms with E-state index in [9.17, 15) is 9.13 Å². The van der Waals surface area contributed by atoms with Crippen LogP contribution in [0.1, 0.15) is 0 Å². The van der Waals surface area contributed by atoms with Gasteiger partial charge in [0.1, 0.15) is 0 Å². The Morgan fingerprint density at radius 2 is 2.09 bits per heavy atom. The summed E-state index contributed by atoms with van der Waals surface area (Å²) >= 11 is 0. The first kappa shape index (κ1) is 11.0. The van der Waals surface area contributed by atoms with Gasteiger partial charge < -0.3 is 4.52 Å². The van der Waals surface area contributed by atoms with Crippen LogP contribution in [0.3, 0.4) is 0 Å². The van der Waals surface area contributed by atoms with Crippen molar-refractivity contribution in [2.75, 3.05) is 6.61 Å². The lowest BCUT2D eigenvalue weighted by atomic mass is 10.7. The van der Waals surface area contributed by atoms with Crippen molar-refractivity contribution >= 4 is 16.5 Å². The summed E-state index contributed by atoms with van der Waals surface area (Å²) in [4.78, 5) is 0. The highest BCUT2D eigenvalue weighted by atomic mass is 31.2. The van der Waals surface area contributed by atoms with E-state index in [0.29, 0.717) is 0 Å². The second-order valence-corrected chi connectivity index (χ2v) is 3.66. The highest BCUT2D eigenvalue weighted by Gasteiger charge is 2.03. The lowest BCUT2D eigenvalue weighted by Crippen LogP contribution is -1.88. The minimum absolute atomic E-state index is 0.0670. The highest BCUT2D eigenvalue weighted by Crippen LogP contribution is 2.38. The smallest absolute Gasteiger partial charge is 0.306 e. The van der Waals surface area contributed by atoms with Crippen LogP contribution in [0.5, 0.6) is 0 Å². The molecular formula is C3H9NO5P2. The van der Waals surface area contributed by atoms with Crippen molar-refractivity contribution < 1.29 is 22.6 Å². The predicted molar refractivity (Wildman–Crippen MR) is 40.5 cm³/mol. The molecular weight excluding hydrogens is 192 g/mol. The average molecular weight is 201 g/mol. The first-order valence-electron chi connectivity index (χ1n) is 2.57. The molecule has 0 aromatic rings. The first-order chi connectivity index (χ1) is 5.20. The molecule has 2 N–H and O–H groups in total. The highest BCUT2D eigenvalue weighted by molar-refractivity contribution is 7.47. The predicted octanol–water partition coefficient (Wildman–Crippen LogP) is 0.875. The van der Waals surface area contributed by atoms with Crippen molar-refractivity contribution in [1.29, 1.82) is 0 Å². The molecule has 6 nitrogen and oxygen atoms in total. The summed E-state index contributed by atoms with van der Waals surface area (Å²) in [6.07, 6.45) is 1.38. The molecule has 0 radical (unpaired) electrons. The van der Waals surface area contributed by atoms with Crippen molar-refractivity contribution in [3.8, 4) is 0 Å². The quantitative estimate of drug-likeness (QED) is 0.389. The fourth-order valence-electron chi connectivity index (χ4n) is 0.249. The lowest BCUT2D eigenvalue weighted by molar-refractivity contribution is 0.270. The summed E-state index contributed by atoms with van der Waals surface area (Å²) in [5.41, 5.74) is 0. The summed E-state index contributed by atoms with van der Waals surface area (Å²) in [5.74, 6) is 4.46. The van der Waals surface area contributed by atoms with E-state index in [2.05, 4.69) is 25.9 Å². The SMILES string of the molecule is C=CCO[PH](=O)O[PH](=O)ON. The van der Waals surface area contributed by atoms with Crippen LogP contribution in [-0.4, -0.2) is 6.61 Å². The molecule has 0 saturated heterocycles. The van der Waals surface area contributed by atoms with Gasteiger partial charge in [-0.15, -0.1) is 6.58 Å². The van der Waals surface area contributed by atoms with Crippen LogP contribution in [0.15, 0.2) is 12.7 Å². The van der Waals surface area contributed by atoms with Gasteiger partial charge in [0.05, 0.1) is 6.61 Å². The normalized spacial score (nSPS) is 15.7. The molecule has 0 bridgehead atoms. The molecule has 66 valence electrons. The van der Waals surface area contributed by atoms with E-state index in [1.54, 1.807) is 0 Å². The Balaban J connectivity index is 3.51. The standard InChI is InChI=1S/C3H9NO5P2/c1-2-3-7-10(5)9-11(6)8-4/h2,10-11H,1,3-4H2. The number of hydrogen-bond donors (Lipinski definition) is 1. The molecule has 0 aliphatic heterocycles. The van der Waals surface area contributed by atoms with E-state index in [-0.39, 0.29) is 6.61 Å². The molecule has 0 rings (SSSR count). The third kappa shape index (κ3) is 6.44. The average Bonchev–Trinajstić information content (AvgIpc) is 2.00. The summed E-state index contributed by atoms with van der Waals surface area (Å²) in [6.45, 7) is 3.37. The van der Waals surface area contributed by atoms with Gasteiger partial charge in [-0.1, -0.05) is 6.08 Å². The summed E-state index contributed by atoms with van der Waals surface area (Å²) in [5, 5.41) is 0. The van der Waals surface area contributed by atoms with E-state index >= 15 is 0 Å². The number of rotatable bonds is 6. The Labute approximate surface area is 65.2 Å². The molecule has 0 saturated carbocycles. The largest absolute Gasteiger partial charge is 0.342 e. The first-order valence-corrected chi connectivity index (χ1v) is 5.02. The molecule has 0 amide bonds. The Morgan fingerprint density at radius 1 is 1.45 bits per heavy atom. The molecule has 2 unspecified atom stereocenters. The van der Waals surface area contributed by atoms with Crippen molar-refractivity contribution in [2.45, 2.75) is 0 Å². The Bertz CT molecular complexity index is 171. The van der Waals surface area contributed by atoms with Crippen LogP contribution in [0.2, 0.25) is 0 Å². The molecule has 0 fully saturated rings. The molecule has 8 heteroatoms. The summed E-state index contributed by atoms with van der Waals surface area (Å²) < 4.78 is 33.3. The number of nitrogens with two attached hydrogens (primary N) is 1. The van der Waals surface area contributed by atoms with Crippen LogP contribution in [0.4, 0.5) is 0 Å². The number of hydrogen-bond acceptors (Lipinski definition) is 6. The topological polar surface area (TPSA) is 87.8 Å². The summed E-state index contributed by atoms with van der Waals surface area (Å²) in [6, 6.07) is 0. The van der Waals surface area contributed by atoms with Crippen molar-refractivity contribution in [3.05, 3.63) is 12.7 Å². The van der Waals surface area contributed by atoms with Gasteiger partial charge in [-0.25, -0.2) is 14.8 Å². The second-order valence-electron chi connectivity index (χ2n) is 1.32. The van der Waals surface area contributed by atoms with Crippen LogP contribution >= 0.6 is 16.5 Å². The van der Waals surface area contributed by atoms with Gasteiger partial charge in [0, 0.05) is 0 Å². The Kier molecular flexibility index (Phi) is 6.76. The van der Waals surface area contributed by atoms with Gasteiger partial charge in [-0.3, -0.25) is 9.13 Å². The van der Waals surface area contributed by atoms with Gasteiger partial charge in [-0.2, -0.15) is 0 Å². The van der Waals surface area contributed by atoms with Crippen molar-refractivity contribution in [2.24, 2.45) is 5.90 Å². The molecule has 0 aromatic heterocycles. The minimum atomic E-state index is -2.86. The van der Waals surface area contributed by atoms with Gasteiger partial charge >= 0.3 is 16.5 Å². The Morgan fingerprint density at radius 3 is 2.55 bits per heavy atom. The second kappa shape index (κ2) is 6.73. The lowest BCUT2D eigenvalue weighted by Gasteiger charge is -2.00. The van der Waals surface area contributed by atoms with Gasteiger partial charge in [0.25, 0.3) is 0 Å². The Hall–Kier alpha value is 0.0400. The zero-order valence-corrected chi connectivity index (χ0v) is 7.61. The zero-order chi connectivity index (χ0) is 8.69. The van der Waals surface area contributed by atoms with E-state index in [1.807, 2.05) is 0 Å². The fraction of sp³-hybridized carbons (Fsp3) is 0.333. The minimum Gasteiger partial charge on any atom is -0.306 e. The molecule has 11 heavy (non-hydrogen) atoms. The zero-order valence-electron chi connectivity index (χ0n) is 5.61. The molecule has 0 aliphatic rings. The van der Waals surface area contributed by atoms with Crippen LogP contribution in [0.25, 0.3) is 0 Å². The maximum absolute atomic E-state index is 10.6. The van der Waals surface area contributed by atoms with Crippen molar-refractivity contribution in [3.63, 3.8) is 0 Å². The van der Waals surface area contributed by atoms with E-state index in [0.717, 1.165) is 0 Å². The molecule has 2 atom stereocenters. The van der Waals surface area contributed by atoms with Crippen molar-refractivity contribution in [1.82, 2.24) is 0 Å². The molecule has 0 spiro atoms. The molecule has 0 aromatic carbocycles. The maximum Gasteiger partial charge on any atom is 0.342 e. The van der Waals surface area contributed by atoms with Gasteiger partial charge in [0.15, 0.2) is 0 Å². The molecule has 0 heterocycles. The van der Waals surface area contributed by atoms with E-state index < -0.39 is 16.5 Å². The fourth-order valence-corrected chi connectivity index (χ4v) is 1.47. The summed E-state index contributed by atoms with van der Waals surface area (Å²) in [7, 11) is -5.61. The van der Waals surface area contributed by atoms with E-state index in [1.165, 1.54) is 6.08 Å². The monoisotopic (exact) mass is 201 g/mol. The van der Waals surface area contributed by atoms with Gasteiger partial charge in [-0.05, 0) is 0 Å². The molecule has 0 aliphatic carbocycles. The van der Waals surface area contributed by atoms with Crippen LogP contribution in [-0.2, 0) is 22.6 Å². The van der Waals surface area contributed by atoms with Crippen LogP contribution < -0.4 is 5.90 Å². The van der Waals surface area contributed by atoms with E-state index in [4.69, 9.17) is 0 Å². The third-order valence-corrected chi connectivity index (χ3v) is 2.51. The van der Waals surface area contributed by atoms with Crippen LogP contribution in [0, 0.1) is 0 Å². The van der Waals surface area contributed by atoms with Gasteiger partial charge in [0.2, 0.25) is 0 Å².